The van der Waals surface area contributed by atoms with Crippen LogP contribution in [0.1, 0.15) is 0 Å². The van der Waals surface area contributed by atoms with E-state index in [0.29, 0.717) is 0 Å². The molecule has 0 aliphatic rings. The fourth-order valence-electron chi connectivity index (χ4n) is 0.284. The van der Waals surface area contributed by atoms with Crippen molar-refractivity contribution in [2.24, 2.45) is 7.05 Å². The maximum Gasteiger partial charge on any atom is 0.229 e. The van der Waals surface area contributed by atoms with Crippen LogP contribution >= 0.6 is 0 Å². The van der Waals surface area contributed by atoms with Crippen LogP contribution in [-0.4, -0.2) is 20.1 Å². The van der Waals surface area contributed by atoms with Gasteiger partial charge in [-0.3, -0.25) is 0 Å². The van der Waals surface area contributed by atoms with E-state index in [0.717, 1.165) is 0 Å². The van der Waals surface area contributed by atoms with Gasteiger partial charge in [0.25, 0.3) is 0 Å². The van der Waals surface area contributed by atoms with Crippen LogP contribution in [0.4, 0.5) is 0 Å². The molecular formula is C3H5N3O. The molecule has 7 heavy (non-hydrogen) atoms. The van der Waals surface area contributed by atoms with E-state index < -0.39 is 0 Å². The third kappa shape index (κ3) is 0.534. The molecule has 4 nitrogen and oxygen atoms in total. The van der Waals surface area contributed by atoms with Gasteiger partial charge in [0.05, 0.1) is 0 Å². The lowest BCUT2D eigenvalue weighted by Gasteiger charge is -1.83. The average Bonchev–Trinajstić information content (AvgIpc) is 1.91. The Labute approximate surface area is 40.4 Å². The van der Waals surface area contributed by atoms with Crippen LogP contribution in [0.15, 0.2) is 6.20 Å². The summed E-state index contributed by atoms with van der Waals surface area (Å²) >= 11 is 0. The molecule has 0 saturated heterocycles. The maximum absolute atomic E-state index is 8.60. The van der Waals surface area contributed by atoms with E-state index in [-0.39, 0.29) is 5.88 Å². The highest BCUT2D eigenvalue weighted by molar-refractivity contribution is 4.95. The molecule has 1 N–H and O–H groups in total. The molecule has 0 saturated carbocycles. The Balaban J connectivity index is 3.12. The van der Waals surface area contributed by atoms with Gasteiger partial charge in [-0.05, 0) is 0 Å². The molecule has 0 aromatic carbocycles. The molecule has 0 aliphatic carbocycles. The van der Waals surface area contributed by atoms with Gasteiger partial charge in [0.15, 0.2) is 0 Å². The van der Waals surface area contributed by atoms with Crippen LogP contribution in [0.5, 0.6) is 5.88 Å². The van der Waals surface area contributed by atoms with Crippen LogP contribution < -0.4 is 0 Å². The molecule has 0 atom stereocenters. The fraction of sp³-hybridized carbons (Fsp3) is 0.333. The van der Waals surface area contributed by atoms with Crippen LogP contribution in [0.25, 0.3) is 0 Å². The Bertz CT molecular complexity index is 142. The summed E-state index contributed by atoms with van der Waals surface area (Å²) in [5.74, 6) is 0.0833. The van der Waals surface area contributed by atoms with E-state index in [4.69, 9.17) is 5.11 Å². The summed E-state index contributed by atoms with van der Waals surface area (Å²) < 4.78 is 1.28. The molecule has 4 heteroatoms. The van der Waals surface area contributed by atoms with Gasteiger partial charge >= 0.3 is 0 Å². The topological polar surface area (TPSA) is 50.9 Å². The molecule has 0 radical (unpaired) electrons. The molecule has 0 bridgehead atoms. The maximum atomic E-state index is 8.60. The predicted octanol–water partition coefficient (Wildman–Crippen LogP) is -0.479. The molecular weight excluding hydrogens is 94.1 g/mol. The third-order valence-corrected chi connectivity index (χ3v) is 0.691. The van der Waals surface area contributed by atoms with Crippen molar-refractivity contribution in [3.05, 3.63) is 6.20 Å². The third-order valence-electron chi connectivity index (χ3n) is 0.691. The second-order valence-electron chi connectivity index (χ2n) is 1.22. The highest BCUT2D eigenvalue weighted by Crippen LogP contribution is 1.97. The zero-order chi connectivity index (χ0) is 5.28. The smallest absolute Gasteiger partial charge is 0.229 e. The lowest BCUT2D eigenvalue weighted by Crippen LogP contribution is -1.87. The summed E-state index contributed by atoms with van der Waals surface area (Å²) in [6, 6.07) is 0. The first-order valence-electron chi connectivity index (χ1n) is 1.84. The summed E-state index contributed by atoms with van der Waals surface area (Å²) in [5.41, 5.74) is 0. The SMILES string of the molecule is Cn1nncc1O. The second-order valence-corrected chi connectivity index (χ2v) is 1.22. The van der Waals surface area contributed by atoms with Gasteiger partial charge in [0, 0.05) is 7.05 Å². The molecule has 1 aromatic rings. The van der Waals surface area contributed by atoms with E-state index in [1.165, 1.54) is 10.9 Å². The molecule has 1 heterocycles. The number of aromatic hydroxyl groups is 1. The average molecular weight is 99.1 g/mol. The van der Waals surface area contributed by atoms with E-state index in [2.05, 4.69) is 10.3 Å². The summed E-state index contributed by atoms with van der Waals surface area (Å²) in [6.45, 7) is 0. The minimum Gasteiger partial charge on any atom is -0.492 e. The standard InChI is InChI=1S/C3H5N3O/c1-6-3(7)2-4-5-6/h2,7H,1H3. The van der Waals surface area contributed by atoms with Crippen molar-refractivity contribution >= 4 is 0 Å². The second kappa shape index (κ2) is 1.22. The van der Waals surface area contributed by atoms with Crippen molar-refractivity contribution in [1.29, 1.82) is 0 Å². The van der Waals surface area contributed by atoms with E-state index >= 15 is 0 Å². The molecule has 38 valence electrons. The van der Waals surface area contributed by atoms with Gasteiger partial charge in [-0.1, -0.05) is 5.21 Å². The van der Waals surface area contributed by atoms with Crippen LogP contribution in [0.3, 0.4) is 0 Å². The van der Waals surface area contributed by atoms with Crippen LogP contribution in [-0.2, 0) is 7.05 Å². The van der Waals surface area contributed by atoms with Gasteiger partial charge in [-0.2, -0.15) is 0 Å². The molecule has 0 spiro atoms. The number of aryl methyl sites for hydroxylation is 1. The zero-order valence-electron chi connectivity index (χ0n) is 3.87. The largest absolute Gasteiger partial charge is 0.492 e. The van der Waals surface area contributed by atoms with Gasteiger partial charge in [0.1, 0.15) is 6.20 Å². The van der Waals surface area contributed by atoms with Gasteiger partial charge in [-0.15, -0.1) is 5.10 Å². The highest BCUT2D eigenvalue weighted by atomic mass is 16.3. The van der Waals surface area contributed by atoms with Crippen molar-refractivity contribution in [1.82, 2.24) is 15.0 Å². The zero-order valence-corrected chi connectivity index (χ0v) is 3.87. The Kier molecular flexibility index (Phi) is 0.714. The summed E-state index contributed by atoms with van der Waals surface area (Å²) in [6.07, 6.45) is 1.28. The number of rotatable bonds is 0. The first kappa shape index (κ1) is 4.11. The van der Waals surface area contributed by atoms with Crippen molar-refractivity contribution < 1.29 is 5.11 Å². The fourth-order valence-corrected chi connectivity index (χ4v) is 0.284. The number of nitrogens with zero attached hydrogens (tertiary/aromatic N) is 3. The lowest BCUT2D eigenvalue weighted by molar-refractivity contribution is 0.418. The molecule has 1 rings (SSSR count). The normalized spacial score (nSPS) is 9.29. The summed E-state index contributed by atoms with van der Waals surface area (Å²) in [5, 5.41) is 15.4. The Morgan fingerprint density at radius 2 is 2.57 bits per heavy atom. The number of hydrogen-bond acceptors (Lipinski definition) is 3. The van der Waals surface area contributed by atoms with Crippen molar-refractivity contribution in [2.75, 3.05) is 0 Å². The van der Waals surface area contributed by atoms with Crippen LogP contribution in [0.2, 0.25) is 0 Å². The molecule has 0 unspecified atom stereocenters. The quantitative estimate of drug-likeness (QED) is 0.478. The molecule has 0 amide bonds. The first-order chi connectivity index (χ1) is 3.30. The van der Waals surface area contributed by atoms with E-state index in [9.17, 15) is 0 Å². The highest BCUT2D eigenvalue weighted by Gasteiger charge is 1.89. The lowest BCUT2D eigenvalue weighted by atomic mass is 10.8. The molecule has 1 aromatic heterocycles. The van der Waals surface area contributed by atoms with E-state index in [1.807, 2.05) is 0 Å². The van der Waals surface area contributed by atoms with Gasteiger partial charge in [-0.25, -0.2) is 4.68 Å². The van der Waals surface area contributed by atoms with Crippen molar-refractivity contribution in [3.63, 3.8) is 0 Å². The Morgan fingerprint density at radius 1 is 1.86 bits per heavy atom. The minimum absolute atomic E-state index is 0.0833. The van der Waals surface area contributed by atoms with Gasteiger partial charge < -0.3 is 5.11 Å². The van der Waals surface area contributed by atoms with E-state index in [1.54, 1.807) is 7.05 Å². The van der Waals surface area contributed by atoms with Gasteiger partial charge in [0.2, 0.25) is 5.88 Å². The predicted molar refractivity (Wildman–Crippen MR) is 22.7 cm³/mol. The Morgan fingerprint density at radius 3 is 2.71 bits per heavy atom. The number of aromatic nitrogens is 3. The first-order valence-corrected chi connectivity index (χ1v) is 1.84. The summed E-state index contributed by atoms with van der Waals surface area (Å²) in [7, 11) is 1.61. The summed E-state index contributed by atoms with van der Waals surface area (Å²) in [4.78, 5) is 0. The number of hydrogen-bond donors (Lipinski definition) is 1. The van der Waals surface area contributed by atoms with Crippen LogP contribution in [0, 0.1) is 0 Å². The monoisotopic (exact) mass is 99.0 g/mol. The molecule has 0 aliphatic heterocycles. The Hall–Kier alpha value is -1.06. The molecule has 0 fully saturated rings. The van der Waals surface area contributed by atoms with Crippen molar-refractivity contribution in [3.8, 4) is 5.88 Å². The minimum atomic E-state index is 0.0833. The van der Waals surface area contributed by atoms with Crippen molar-refractivity contribution in [2.45, 2.75) is 0 Å².